The molecule has 4 heterocycles. The quantitative estimate of drug-likeness (QED) is 0.535. The number of H-pyrrole nitrogens is 1. The number of aromatic nitrogens is 1. The number of ether oxygens (including phenoxy) is 2. The molecule has 2 N–H and O–H groups in total. The van der Waals surface area contributed by atoms with Crippen molar-refractivity contribution < 1.29 is 19.1 Å². The number of hydrogen-bond acceptors (Lipinski definition) is 4. The molecular formula is C27H27N3O4. The maximum absolute atomic E-state index is 13.5. The van der Waals surface area contributed by atoms with Crippen molar-refractivity contribution in [2.45, 2.75) is 24.7 Å². The molecule has 7 nitrogen and oxygen atoms in total. The normalized spacial score (nSPS) is 26.9. The molecule has 3 aliphatic heterocycles. The Morgan fingerprint density at radius 2 is 2.03 bits per heavy atom. The number of likely N-dealkylation sites (tertiary alicyclic amines) is 1. The van der Waals surface area contributed by atoms with Crippen molar-refractivity contribution in [3.05, 3.63) is 78.0 Å². The third-order valence-corrected chi connectivity index (χ3v) is 7.45. The van der Waals surface area contributed by atoms with Gasteiger partial charge in [0.05, 0.1) is 31.6 Å². The molecule has 0 saturated carbocycles. The molecule has 1 spiro atoms. The van der Waals surface area contributed by atoms with Gasteiger partial charge in [-0.2, -0.15) is 0 Å². The van der Waals surface area contributed by atoms with Gasteiger partial charge in [0.25, 0.3) is 0 Å². The Bertz CT molecular complexity index is 1300. The highest BCUT2D eigenvalue weighted by Gasteiger charge is 2.66. The summed E-state index contributed by atoms with van der Waals surface area (Å²) in [5, 5.41) is 4.19. The van der Waals surface area contributed by atoms with Crippen molar-refractivity contribution >= 4 is 22.7 Å². The van der Waals surface area contributed by atoms with Crippen LogP contribution in [0.2, 0.25) is 0 Å². The van der Waals surface area contributed by atoms with Crippen molar-refractivity contribution in [1.82, 2.24) is 15.2 Å². The third kappa shape index (κ3) is 3.22. The van der Waals surface area contributed by atoms with E-state index in [1.807, 2.05) is 59.6 Å². The number of methoxy groups -OCH3 is 1. The second kappa shape index (κ2) is 8.02. The van der Waals surface area contributed by atoms with Crippen LogP contribution in [-0.4, -0.2) is 53.6 Å². The Balaban J connectivity index is 1.16. The van der Waals surface area contributed by atoms with Crippen LogP contribution in [-0.2, 0) is 27.3 Å². The lowest BCUT2D eigenvalue weighted by Gasteiger charge is -2.23. The first-order valence-electron chi connectivity index (χ1n) is 11.7. The Hall–Kier alpha value is -3.58. The highest BCUT2D eigenvalue weighted by atomic mass is 16.5. The molecule has 0 unspecified atom stereocenters. The van der Waals surface area contributed by atoms with E-state index in [2.05, 4.69) is 22.4 Å². The zero-order chi connectivity index (χ0) is 23.3. The van der Waals surface area contributed by atoms with Gasteiger partial charge in [0.15, 0.2) is 0 Å². The predicted molar refractivity (Wildman–Crippen MR) is 127 cm³/mol. The van der Waals surface area contributed by atoms with Gasteiger partial charge in [0, 0.05) is 35.8 Å². The van der Waals surface area contributed by atoms with Gasteiger partial charge in [-0.1, -0.05) is 48.6 Å². The van der Waals surface area contributed by atoms with E-state index in [1.54, 1.807) is 7.11 Å². The summed E-state index contributed by atoms with van der Waals surface area (Å²) >= 11 is 0. The predicted octanol–water partition coefficient (Wildman–Crippen LogP) is 2.82. The van der Waals surface area contributed by atoms with Gasteiger partial charge in [-0.05, 0) is 24.1 Å². The van der Waals surface area contributed by atoms with Gasteiger partial charge in [-0.25, -0.2) is 0 Å². The number of para-hydroxylation sites is 2. The minimum Gasteiger partial charge on any atom is -0.496 e. The number of amides is 2. The lowest BCUT2D eigenvalue weighted by Crippen LogP contribution is -2.44. The average Bonchev–Trinajstić information content (AvgIpc) is 3.61. The zero-order valence-corrected chi connectivity index (χ0v) is 19.0. The largest absolute Gasteiger partial charge is 0.496 e. The summed E-state index contributed by atoms with van der Waals surface area (Å²) in [6, 6.07) is 15.8. The smallest absolute Gasteiger partial charge is 0.230 e. The molecule has 2 saturated heterocycles. The molecule has 1 aromatic heterocycles. The molecule has 6 rings (SSSR count). The lowest BCUT2D eigenvalue weighted by atomic mass is 9.77. The Morgan fingerprint density at radius 3 is 2.91 bits per heavy atom. The molecule has 4 atom stereocenters. The Labute approximate surface area is 197 Å². The highest BCUT2D eigenvalue weighted by molar-refractivity contribution is 5.93. The van der Waals surface area contributed by atoms with E-state index in [0.29, 0.717) is 19.6 Å². The first kappa shape index (κ1) is 21.0. The monoisotopic (exact) mass is 457 g/mol. The van der Waals surface area contributed by atoms with E-state index in [0.717, 1.165) is 23.3 Å². The fourth-order valence-electron chi connectivity index (χ4n) is 5.81. The van der Waals surface area contributed by atoms with Gasteiger partial charge in [0.1, 0.15) is 11.4 Å². The molecule has 2 bridgehead atoms. The highest BCUT2D eigenvalue weighted by Crippen LogP contribution is 2.51. The number of nitrogens with one attached hydrogen (secondary N) is 2. The van der Waals surface area contributed by atoms with E-state index >= 15 is 0 Å². The van der Waals surface area contributed by atoms with Gasteiger partial charge < -0.3 is 24.7 Å². The second-order valence-electron chi connectivity index (χ2n) is 9.30. The summed E-state index contributed by atoms with van der Waals surface area (Å²) in [6.45, 7) is 1.42. The molecule has 3 aliphatic rings. The topological polar surface area (TPSA) is 83.7 Å². The Morgan fingerprint density at radius 1 is 1.21 bits per heavy atom. The summed E-state index contributed by atoms with van der Waals surface area (Å²) in [4.78, 5) is 31.9. The standard InChI is InChI=1S/C27H27N3O4/c1-33-21-9-5-2-6-18(21)15-29-25(31)23-22-10-12-27(34-22)16-30(26(32)24(23)27)13-11-17-14-28-20-8-4-3-7-19(17)20/h2-10,12,14,22-24,28H,11,13,15-16H2,1H3,(H,29,31)/t22-,23-,24+,27+/m0/s1. The number of hydrogen-bond donors (Lipinski definition) is 2. The third-order valence-electron chi connectivity index (χ3n) is 7.45. The zero-order valence-electron chi connectivity index (χ0n) is 19.0. The number of benzene rings is 2. The van der Waals surface area contributed by atoms with Gasteiger partial charge in [-0.15, -0.1) is 0 Å². The van der Waals surface area contributed by atoms with Crippen LogP contribution < -0.4 is 10.1 Å². The van der Waals surface area contributed by atoms with Crippen molar-refractivity contribution in [3.8, 4) is 5.75 Å². The molecule has 2 fully saturated rings. The van der Waals surface area contributed by atoms with Crippen LogP contribution in [0.5, 0.6) is 5.75 Å². The molecule has 2 aromatic carbocycles. The minimum atomic E-state index is -0.700. The Kier molecular flexibility index (Phi) is 4.95. The van der Waals surface area contributed by atoms with Crippen LogP contribution >= 0.6 is 0 Å². The summed E-state index contributed by atoms with van der Waals surface area (Å²) in [6.07, 6.45) is 6.34. The number of carbonyl (C=O) groups excluding carboxylic acids is 2. The summed E-state index contributed by atoms with van der Waals surface area (Å²) in [7, 11) is 1.61. The number of nitrogens with zero attached hydrogens (tertiary/aromatic N) is 1. The number of carbonyl (C=O) groups is 2. The SMILES string of the molecule is COc1ccccc1CNC(=O)[C@H]1[C@@H]2C=C[C@]3(CN(CCc4c[nH]c5ccccc45)C(=O)[C@@H]13)O2. The number of rotatable bonds is 7. The number of aromatic amines is 1. The van der Waals surface area contributed by atoms with Crippen LogP contribution in [0.3, 0.4) is 0 Å². The van der Waals surface area contributed by atoms with E-state index in [9.17, 15) is 9.59 Å². The summed E-state index contributed by atoms with van der Waals surface area (Å²) < 4.78 is 11.6. The van der Waals surface area contributed by atoms with Crippen molar-refractivity contribution in [1.29, 1.82) is 0 Å². The van der Waals surface area contributed by atoms with E-state index < -0.39 is 17.4 Å². The van der Waals surface area contributed by atoms with E-state index in [4.69, 9.17) is 9.47 Å². The first-order valence-corrected chi connectivity index (χ1v) is 11.7. The molecule has 0 aliphatic carbocycles. The van der Waals surface area contributed by atoms with Crippen LogP contribution in [0.15, 0.2) is 66.9 Å². The second-order valence-corrected chi connectivity index (χ2v) is 9.30. The van der Waals surface area contributed by atoms with Crippen LogP contribution in [0.1, 0.15) is 11.1 Å². The number of fused-ring (bicyclic) bond motifs is 2. The van der Waals surface area contributed by atoms with Crippen molar-refractivity contribution in [3.63, 3.8) is 0 Å². The molecule has 34 heavy (non-hydrogen) atoms. The molecule has 174 valence electrons. The van der Waals surface area contributed by atoms with Crippen LogP contribution in [0.4, 0.5) is 0 Å². The maximum atomic E-state index is 13.5. The first-order chi connectivity index (χ1) is 16.6. The average molecular weight is 458 g/mol. The lowest BCUT2D eigenvalue weighted by molar-refractivity contribution is -0.137. The molecule has 0 radical (unpaired) electrons. The molecular weight excluding hydrogens is 430 g/mol. The fraction of sp³-hybridized carbons (Fsp3) is 0.333. The van der Waals surface area contributed by atoms with E-state index in [-0.39, 0.29) is 17.9 Å². The summed E-state index contributed by atoms with van der Waals surface area (Å²) in [5.74, 6) is -0.430. The van der Waals surface area contributed by atoms with Gasteiger partial charge >= 0.3 is 0 Å². The molecule has 7 heteroatoms. The van der Waals surface area contributed by atoms with Crippen LogP contribution in [0, 0.1) is 11.8 Å². The van der Waals surface area contributed by atoms with Crippen molar-refractivity contribution in [2.24, 2.45) is 11.8 Å². The summed E-state index contributed by atoms with van der Waals surface area (Å²) in [5.41, 5.74) is 2.47. The van der Waals surface area contributed by atoms with Crippen molar-refractivity contribution in [2.75, 3.05) is 20.2 Å². The minimum absolute atomic E-state index is 0.00383. The molecule has 2 amide bonds. The van der Waals surface area contributed by atoms with Gasteiger partial charge in [0.2, 0.25) is 11.8 Å². The van der Waals surface area contributed by atoms with E-state index in [1.165, 1.54) is 10.9 Å². The maximum Gasteiger partial charge on any atom is 0.230 e. The molecule has 3 aromatic rings. The van der Waals surface area contributed by atoms with Crippen LogP contribution in [0.25, 0.3) is 10.9 Å². The fourth-order valence-corrected chi connectivity index (χ4v) is 5.81. The van der Waals surface area contributed by atoms with Gasteiger partial charge in [-0.3, -0.25) is 9.59 Å².